The summed E-state index contributed by atoms with van der Waals surface area (Å²) >= 11 is 0. The molecule has 0 aliphatic carbocycles. The summed E-state index contributed by atoms with van der Waals surface area (Å²) in [6.45, 7) is 11.8. The predicted octanol–water partition coefficient (Wildman–Crippen LogP) is 6.51. The number of nitrogens with zero attached hydrogens (tertiary/aromatic N) is 5. The maximum Gasteiger partial charge on any atom is 0.324 e. The molecule has 1 saturated heterocycles. The minimum atomic E-state index is -1.51. The summed E-state index contributed by atoms with van der Waals surface area (Å²) in [5.74, 6) is 5.00. The van der Waals surface area contributed by atoms with E-state index in [1.165, 1.54) is 4.90 Å². The van der Waals surface area contributed by atoms with Gasteiger partial charge in [-0.1, -0.05) is 38.7 Å². The number of imidazole rings is 1. The van der Waals surface area contributed by atoms with Crippen molar-refractivity contribution in [2.75, 3.05) is 30.5 Å². The molecule has 3 N–H and O–H groups in total. The lowest BCUT2D eigenvalue weighted by atomic mass is 9.92. The number of hydrogen-bond donors (Lipinski definition) is 3. The number of esters is 1. The molecule has 316 valence electrons. The summed E-state index contributed by atoms with van der Waals surface area (Å²) in [5, 5.41) is 12.7. The number of urea groups is 1. The van der Waals surface area contributed by atoms with E-state index in [2.05, 4.69) is 58.4 Å². The molecule has 5 aromatic rings. The van der Waals surface area contributed by atoms with Gasteiger partial charge in [-0.2, -0.15) is 5.10 Å². The van der Waals surface area contributed by atoms with Gasteiger partial charge in [-0.3, -0.25) is 39.1 Å². The Hall–Kier alpha value is -6.99. The zero-order valence-electron chi connectivity index (χ0n) is 35.0. The van der Waals surface area contributed by atoms with Gasteiger partial charge < -0.3 is 19.5 Å². The monoisotopic (exact) mass is 828 g/mol. The molecule has 0 saturated carbocycles. The second kappa shape index (κ2) is 17.3. The number of amides is 5. The van der Waals surface area contributed by atoms with Crippen molar-refractivity contribution >= 4 is 52.3 Å². The third-order valence-electron chi connectivity index (χ3n) is 10.1. The first-order valence-corrected chi connectivity index (χ1v) is 20.0. The zero-order valence-corrected chi connectivity index (χ0v) is 35.0. The van der Waals surface area contributed by atoms with Gasteiger partial charge in [-0.25, -0.2) is 14.7 Å². The summed E-state index contributed by atoms with van der Waals surface area (Å²) in [5.41, 5.74) is 4.48. The normalized spacial score (nSPS) is 14.7. The van der Waals surface area contributed by atoms with Crippen molar-refractivity contribution in [2.24, 2.45) is 5.41 Å². The molecule has 16 heteroatoms. The number of aromatic amines is 1. The fourth-order valence-electron chi connectivity index (χ4n) is 6.71. The Morgan fingerprint density at radius 1 is 0.918 bits per heavy atom. The predicted molar refractivity (Wildman–Crippen MR) is 226 cm³/mol. The highest BCUT2D eigenvalue weighted by Gasteiger charge is 2.45. The van der Waals surface area contributed by atoms with Gasteiger partial charge in [0.1, 0.15) is 25.3 Å². The highest BCUT2D eigenvalue weighted by molar-refractivity contribution is 6.02. The van der Waals surface area contributed by atoms with E-state index >= 15 is 0 Å². The number of imide groups is 1. The number of carbonyl (C=O) groups excluding carboxylic acids is 5. The number of likely N-dealkylation sites (tertiary alicyclic amines) is 1. The van der Waals surface area contributed by atoms with Crippen LogP contribution in [0.5, 0.6) is 5.75 Å². The molecule has 2 aliphatic rings. The van der Waals surface area contributed by atoms with E-state index in [1.807, 2.05) is 53.1 Å². The summed E-state index contributed by atoms with van der Waals surface area (Å²) in [7, 11) is 0. The quantitative estimate of drug-likeness (QED) is 0.0573. The average Bonchev–Trinajstić information content (AvgIpc) is 3.94. The molecule has 1 atom stereocenters. The van der Waals surface area contributed by atoms with Crippen LogP contribution < -0.4 is 15.4 Å². The standard InChI is InChI=1S/C45H48N8O8/c1-44(2,3)36-25-37(50-49-36)48-42(58)47-29-15-17-30(18-16-29)52-27-46-34-24-31(19-20-35(34)52)60-23-22-59-21-9-11-28-10-7-12-32-33(28)26-51(40(32)56)43(61-41(57)45(4,5)6)53-38(54)13-8-14-39(53)55/h7,10,12,15-20,24-25,27,43H,8,13-14,21-23,26H2,1-6H3,(H3,47,48,49,50,58). The van der Waals surface area contributed by atoms with Crippen LogP contribution in [0.25, 0.3) is 16.7 Å². The maximum absolute atomic E-state index is 13.7. The Labute approximate surface area is 352 Å². The summed E-state index contributed by atoms with van der Waals surface area (Å²) < 4.78 is 19.3. The van der Waals surface area contributed by atoms with Crippen LogP contribution >= 0.6 is 0 Å². The fourth-order valence-corrected chi connectivity index (χ4v) is 6.71. The molecule has 1 fully saturated rings. The zero-order chi connectivity index (χ0) is 43.5. The van der Waals surface area contributed by atoms with Crippen molar-refractivity contribution in [3.05, 3.63) is 95.4 Å². The van der Waals surface area contributed by atoms with Crippen LogP contribution in [-0.2, 0) is 35.8 Å². The average molecular weight is 829 g/mol. The van der Waals surface area contributed by atoms with Crippen LogP contribution in [0, 0.1) is 17.3 Å². The van der Waals surface area contributed by atoms with Crippen molar-refractivity contribution in [2.45, 2.75) is 79.1 Å². The summed E-state index contributed by atoms with van der Waals surface area (Å²) in [4.78, 5) is 71.7. The third-order valence-corrected chi connectivity index (χ3v) is 10.1. The van der Waals surface area contributed by atoms with Crippen molar-refractivity contribution < 1.29 is 38.2 Å². The van der Waals surface area contributed by atoms with Crippen LogP contribution in [0.1, 0.15) is 88.0 Å². The molecule has 61 heavy (non-hydrogen) atoms. The van der Waals surface area contributed by atoms with Crippen molar-refractivity contribution in [1.82, 2.24) is 29.5 Å². The number of piperidine rings is 1. The SMILES string of the molecule is CC(C)(C)C(=O)OC(N1Cc2c(C#CCOCCOc3ccc4c(c3)ncn4-c3ccc(NC(=O)Nc4cc(C(C)(C)C)[nH]n4)cc3)cccc2C1=O)N1C(=O)CCCC1=O. The van der Waals surface area contributed by atoms with E-state index in [9.17, 15) is 24.0 Å². The third kappa shape index (κ3) is 9.58. The summed E-state index contributed by atoms with van der Waals surface area (Å²) in [6.07, 6.45) is 0.835. The number of fused-ring (bicyclic) bond motifs is 2. The minimum absolute atomic E-state index is 0.00804. The number of carbonyl (C=O) groups is 5. The number of nitrogens with one attached hydrogen (secondary N) is 3. The second-order valence-corrected chi connectivity index (χ2v) is 16.8. The molecule has 0 radical (unpaired) electrons. The number of benzene rings is 3. The number of ether oxygens (including phenoxy) is 3. The number of aromatic nitrogens is 4. The summed E-state index contributed by atoms with van der Waals surface area (Å²) in [6, 6.07) is 19.5. The lowest BCUT2D eigenvalue weighted by Gasteiger charge is -2.38. The Morgan fingerprint density at radius 2 is 1.67 bits per heavy atom. The van der Waals surface area contributed by atoms with E-state index < -0.39 is 41.5 Å². The second-order valence-electron chi connectivity index (χ2n) is 16.8. The lowest BCUT2D eigenvalue weighted by Crippen LogP contribution is -2.57. The van der Waals surface area contributed by atoms with Crippen LogP contribution in [0.3, 0.4) is 0 Å². The number of hydrogen-bond acceptors (Lipinski definition) is 10. The molecule has 4 heterocycles. The molecule has 0 spiro atoms. The molecule has 2 aliphatic heterocycles. The van der Waals surface area contributed by atoms with Crippen LogP contribution in [-0.4, -0.2) is 85.4 Å². The van der Waals surface area contributed by atoms with Crippen molar-refractivity contribution in [1.29, 1.82) is 0 Å². The van der Waals surface area contributed by atoms with E-state index in [-0.39, 0.29) is 44.6 Å². The van der Waals surface area contributed by atoms with Gasteiger partial charge in [-0.15, -0.1) is 0 Å². The van der Waals surface area contributed by atoms with Gasteiger partial charge >= 0.3 is 12.0 Å². The first-order valence-electron chi connectivity index (χ1n) is 20.0. The first kappa shape index (κ1) is 42.1. The van der Waals surface area contributed by atoms with Gasteiger partial charge in [0, 0.05) is 64.1 Å². The van der Waals surface area contributed by atoms with E-state index in [1.54, 1.807) is 45.3 Å². The smallest absolute Gasteiger partial charge is 0.324 e. The number of anilines is 2. The first-order chi connectivity index (χ1) is 29.1. The van der Waals surface area contributed by atoms with E-state index in [0.29, 0.717) is 40.4 Å². The Kier molecular flexibility index (Phi) is 12.0. The molecule has 5 amide bonds. The van der Waals surface area contributed by atoms with Crippen molar-refractivity contribution in [3.8, 4) is 23.3 Å². The molecule has 16 nitrogen and oxygen atoms in total. The molecular weight excluding hydrogens is 781 g/mol. The van der Waals surface area contributed by atoms with Gasteiger partial charge in [0.2, 0.25) is 11.8 Å². The number of rotatable bonds is 11. The molecule has 2 aromatic heterocycles. The van der Waals surface area contributed by atoms with Gasteiger partial charge in [0.15, 0.2) is 5.82 Å². The molecule has 1 unspecified atom stereocenters. The Morgan fingerprint density at radius 3 is 2.38 bits per heavy atom. The Balaban J connectivity index is 0.904. The maximum atomic E-state index is 13.7. The van der Waals surface area contributed by atoms with Gasteiger partial charge in [0.25, 0.3) is 12.3 Å². The lowest BCUT2D eigenvalue weighted by molar-refractivity contribution is -0.194. The minimum Gasteiger partial charge on any atom is -0.491 e. The van der Waals surface area contributed by atoms with Crippen LogP contribution in [0.2, 0.25) is 0 Å². The molecule has 3 aromatic carbocycles. The van der Waals surface area contributed by atoms with Gasteiger partial charge in [-0.05, 0) is 75.7 Å². The fraction of sp³-hybridized carbons (Fsp3) is 0.356. The topological polar surface area (TPSA) is 190 Å². The largest absolute Gasteiger partial charge is 0.491 e. The van der Waals surface area contributed by atoms with E-state index in [0.717, 1.165) is 27.3 Å². The van der Waals surface area contributed by atoms with E-state index in [4.69, 9.17) is 14.2 Å². The Bertz CT molecular complexity index is 2540. The highest BCUT2D eigenvalue weighted by atomic mass is 16.6. The van der Waals surface area contributed by atoms with Gasteiger partial charge in [0.05, 0.1) is 29.6 Å². The molecule has 7 rings (SSSR count). The molecular formula is C45H48N8O8. The molecule has 0 bridgehead atoms. The highest BCUT2D eigenvalue weighted by Crippen LogP contribution is 2.32. The van der Waals surface area contributed by atoms with Crippen LogP contribution in [0.15, 0.2) is 73.1 Å². The van der Waals surface area contributed by atoms with Crippen molar-refractivity contribution in [3.63, 3.8) is 0 Å². The number of H-pyrrole nitrogens is 1. The van der Waals surface area contributed by atoms with Crippen LogP contribution in [0.4, 0.5) is 16.3 Å².